The van der Waals surface area contributed by atoms with Crippen molar-refractivity contribution in [1.82, 2.24) is 10.6 Å². The summed E-state index contributed by atoms with van der Waals surface area (Å²) in [7, 11) is 0. The summed E-state index contributed by atoms with van der Waals surface area (Å²) in [6.45, 7) is 2.18. The Morgan fingerprint density at radius 1 is 1.10 bits per heavy atom. The summed E-state index contributed by atoms with van der Waals surface area (Å²) < 4.78 is 0. The lowest BCUT2D eigenvalue weighted by Gasteiger charge is -2.28. The van der Waals surface area contributed by atoms with Crippen molar-refractivity contribution < 1.29 is 19.5 Å². The van der Waals surface area contributed by atoms with Crippen LogP contribution in [0.15, 0.2) is 0 Å². The van der Waals surface area contributed by atoms with Gasteiger partial charge in [-0.05, 0) is 38.0 Å². The second-order valence-corrected chi connectivity index (χ2v) is 5.39. The molecule has 0 heterocycles. The number of amides is 3. The van der Waals surface area contributed by atoms with Crippen molar-refractivity contribution in [2.75, 3.05) is 0 Å². The molecule has 3 N–H and O–H groups in total. The third-order valence-corrected chi connectivity index (χ3v) is 3.81. The molecule has 6 heteroatoms. The Hall–Kier alpha value is -1.59. The zero-order valence-electron chi connectivity index (χ0n) is 12.0. The minimum Gasteiger partial charge on any atom is -0.481 e. The third-order valence-electron chi connectivity index (χ3n) is 3.81. The second kappa shape index (κ2) is 8.55. The molecule has 1 saturated carbocycles. The number of imide groups is 1. The van der Waals surface area contributed by atoms with Crippen LogP contribution in [-0.4, -0.2) is 29.1 Å². The molecule has 3 amide bonds. The maximum atomic E-state index is 11.6. The first-order valence-corrected chi connectivity index (χ1v) is 7.33. The minimum atomic E-state index is -0.935. The monoisotopic (exact) mass is 284 g/mol. The molecule has 0 atom stereocenters. The van der Waals surface area contributed by atoms with Gasteiger partial charge >= 0.3 is 12.0 Å². The molecular formula is C14H24N2O4. The van der Waals surface area contributed by atoms with Crippen molar-refractivity contribution in [3.63, 3.8) is 0 Å². The first-order valence-electron chi connectivity index (χ1n) is 7.33. The van der Waals surface area contributed by atoms with E-state index in [4.69, 9.17) is 5.11 Å². The Kier molecular flexibility index (Phi) is 7.04. The highest BCUT2D eigenvalue weighted by Gasteiger charge is 2.21. The number of aliphatic carboxylic acids is 1. The quantitative estimate of drug-likeness (QED) is 0.695. The SMILES string of the molecule is CCC1CCC(NC(=O)NC(=O)CCCC(=O)O)CC1. The second-order valence-electron chi connectivity index (χ2n) is 5.39. The number of carbonyl (C=O) groups excluding carboxylic acids is 2. The highest BCUT2D eigenvalue weighted by Crippen LogP contribution is 2.26. The maximum Gasteiger partial charge on any atom is 0.321 e. The molecule has 0 aliphatic heterocycles. The average molecular weight is 284 g/mol. The van der Waals surface area contributed by atoms with Gasteiger partial charge in [0.1, 0.15) is 0 Å². The standard InChI is InChI=1S/C14H24N2O4/c1-2-10-6-8-11(9-7-10)15-14(20)16-12(17)4-3-5-13(18)19/h10-11H,2-9H2,1H3,(H,18,19)(H2,15,16,17,20). The van der Waals surface area contributed by atoms with Crippen LogP contribution in [0.2, 0.25) is 0 Å². The van der Waals surface area contributed by atoms with Crippen LogP contribution in [0.3, 0.4) is 0 Å². The van der Waals surface area contributed by atoms with Crippen LogP contribution in [0.1, 0.15) is 58.3 Å². The molecule has 0 radical (unpaired) electrons. The lowest BCUT2D eigenvalue weighted by Crippen LogP contribution is -2.45. The summed E-state index contributed by atoms with van der Waals surface area (Å²) in [6, 6.07) is -0.324. The molecule has 0 saturated heterocycles. The lowest BCUT2D eigenvalue weighted by molar-refractivity contribution is -0.137. The van der Waals surface area contributed by atoms with Crippen molar-refractivity contribution in [3.8, 4) is 0 Å². The zero-order chi connectivity index (χ0) is 15.0. The van der Waals surface area contributed by atoms with Gasteiger partial charge in [0.2, 0.25) is 5.91 Å². The highest BCUT2D eigenvalue weighted by molar-refractivity contribution is 5.94. The van der Waals surface area contributed by atoms with Gasteiger partial charge in [0.25, 0.3) is 0 Å². The molecule has 0 aromatic rings. The number of urea groups is 1. The minimum absolute atomic E-state index is 0.0578. The van der Waals surface area contributed by atoms with Gasteiger partial charge in [-0.15, -0.1) is 0 Å². The predicted octanol–water partition coefficient (Wildman–Crippen LogP) is 2.04. The molecule has 1 rings (SSSR count). The molecule has 114 valence electrons. The number of hydrogen-bond donors (Lipinski definition) is 3. The summed E-state index contributed by atoms with van der Waals surface area (Å²) in [5.41, 5.74) is 0. The molecule has 20 heavy (non-hydrogen) atoms. The smallest absolute Gasteiger partial charge is 0.321 e. The van der Waals surface area contributed by atoms with Gasteiger partial charge in [-0.25, -0.2) is 4.79 Å². The molecule has 6 nitrogen and oxygen atoms in total. The Balaban J connectivity index is 2.16. The van der Waals surface area contributed by atoms with E-state index in [0.717, 1.165) is 31.6 Å². The number of nitrogens with one attached hydrogen (secondary N) is 2. The third kappa shape index (κ3) is 6.54. The fourth-order valence-corrected chi connectivity index (χ4v) is 2.53. The van der Waals surface area contributed by atoms with E-state index in [0.29, 0.717) is 0 Å². The first kappa shape index (κ1) is 16.5. The van der Waals surface area contributed by atoms with Crippen LogP contribution in [0.5, 0.6) is 0 Å². The van der Waals surface area contributed by atoms with Gasteiger partial charge in [0.05, 0.1) is 0 Å². The largest absolute Gasteiger partial charge is 0.481 e. The van der Waals surface area contributed by atoms with Crippen molar-refractivity contribution in [1.29, 1.82) is 0 Å². The molecule has 1 fully saturated rings. The van der Waals surface area contributed by atoms with E-state index >= 15 is 0 Å². The van der Waals surface area contributed by atoms with Crippen molar-refractivity contribution in [3.05, 3.63) is 0 Å². The summed E-state index contributed by atoms with van der Waals surface area (Å²) in [5, 5.41) is 13.5. The van der Waals surface area contributed by atoms with Crippen molar-refractivity contribution >= 4 is 17.9 Å². The van der Waals surface area contributed by atoms with E-state index in [9.17, 15) is 14.4 Å². The van der Waals surface area contributed by atoms with Crippen LogP contribution in [0, 0.1) is 5.92 Å². The fraction of sp³-hybridized carbons (Fsp3) is 0.786. The van der Waals surface area contributed by atoms with Crippen LogP contribution in [0.25, 0.3) is 0 Å². The zero-order valence-corrected chi connectivity index (χ0v) is 12.0. The summed E-state index contributed by atoms with van der Waals surface area (Å²) in [5.74, 6) is -0.602. The van der Waals surface area contributed by atoms with Crippen LogP contribution < -0.4 is 10.6 Å². The topological polar surface area (TPSA) is 95.5 Å². The molecule has 0 bridgehead atoms. The number of carboxylic acids is 1. The summed E-state index contributed by atoms with van der Waals surface area (Å²) in [4.78, 5) is 33.3. The Bertz CT molecular complexity index is 349. The van der Waals surface area contributed by atoms with Gasteiger partial charge in [0, 0.05) is 18.9 Å². The van der Waals surface area contributed by atoms with Crippen LogP contribution in [0.4, 0.5) is 4.79 Å². The van der Waals surface area contributed by atoms with E-state index in [1.807, 2.05) is 0 Å². The summed E-state index contributed by atoms with van der Waals surface area (Å²) in [6.07, 6.45) is 5.58. The van der Waals surface area contributed by atoms with Gasteiger partial charge in [0.15, 0.2) is 0 Å². The van der Waals surface area contributed by atoms with E-state index in [-0.39, 0.29) is 25.3 Å². The van der Waals surface area contributed by atoms with Crippen LogP contribution >= 0.6 is 0 Å². The first-order chi connectivity index (χ1) is 9.51. The molecule has 1 aliphatic carbocycles. The fourth-order valence-electron chi connectivity index (χ4n) is 2.53. The van der Waals surface area contributed by atoms with Gasteiger partial charge < -0.3 is 10.4 Å². The average Bonchev–Trinajstić information content (AvgIpc) is 2.38. The Labute approximate surface area is 119 Å². The van der Waals surface area contributed by atoms with E-state index in [1.165, 1.54) is 6.42 Å². The molecular weight excluding hydrogens is 260 g/mol. The predicted molar refractivity (Wildman–Crippen MR) is 74.2 cm³/mol. The van der Waals surface area contributed by atoms with Gasteiger partial charge in [-0.3, -0.25) is 14.9 Å². The number of carbonyl (C=O) groups is 3. The molecule has 0 aromatic carbocycles. The molecule has 0 unspecified atom stereocenters. The highest BCUT2D eigenvalue weighted by atomic mass is 16.4. The molecule has 0 aromatic heterocycles. The lowest BCUT2D eigenvalue weighted by atomic mass is 9.85. The number of carboxylic acid groups (broad SMARTS) is 1. The van der Waals surface area contributed by atoms with Crippen molar-refractivity contribution in [2.24, 2.45) is 5.92 Å². The Morgan fingerprint density at radius 3 is 2.30 bits per heavy atom. The Morgan fingerprint density at radius 2 is 1.75 bits per heavy atom. The van der Waals surface area contributed by atoms with Crippen LogP contribution in [-0.2, 0) is 9.59 Å². The maximum absolute atomic E-state index is 11.6. The normalized spacial score (nSPS) is 22.1. The van der Waals surface area contributed by atoms with Gasteiger partial charge in [-0.2, -0.15) is 0 Å². The summed E-state index contributed by atoms with van der Waals surface area (Å²) >= 11 is 0. The number of hydrogen-bond acceptors (Lipinski definition) is 3. The van der Waals surface area contributed by atoms with Crippen molar-refractivity contribution in [2.45, 2.75) is 64.3 Å². The van der Waals surface area contributed by atoms with E-state index in [1.54, 1.807) is 0 Å². The van der Waals surface area contributed by atoms with E-state index in [2.05, 4.69) is 17.6 Å². The molecule has 0 spiro atoms. The molecule has 1 aliphatic rings. The number of rotatable bonds is 6. The van der Waals surface area contributed by atoms with Gasteiger partial charge in [-0.1, -0.05) is 13.3 Å². The van der Waals surface area contributed by atoms with E-state index < -0.39 is 17.9 Å².